The highest BCUT2D eigenvalue weighted by Gasteiger charge is 2.26. The van der Waals surface area contributed by atoms with Crippen LogP contribution >= 0.6 is 11.6 Å². The number of phenolic OH excluding ortho intramolecular Hbond substituents is 2. The first-order valence-corrected chi connectivity index (χ1v) is 6.66. The van der Waals surface area contributed by atoms with Gasteiger partial charge in [-0.2, -0.15) is 0 Å². The summed E-state index contributed by atoms with van der Waals surface area (Å²) in [5, 5.41) is 22.2. The molecule has 1 heterocycles. The van der Waals surface area contributed by atoms with Crippen LogP contribution in [0.1, 0.15) is 22.7 Å². The molecule has 0 bridgehead atoms. The van der Waals surface area contributed by atoms with E-state index in [0.717, 1.165) is 29.7 Å². The number of nitrogens with two attached hydrogens (primary N) is 1. The Balaban J connectivity index is 2.10. The molecule has 0 spiro atoms. The van der Waals surface area contributed by atoms with Crippen molar-refractivity contribution in [2.45, 2.75) is 12.5 Å². The lowest BCUT2D eigenvalue weighted by molar-refractivity contribution is -0.690. The summed E-state index contributed by atoms with van der Waals surface area (Å²) in [7, 11) is 0. The molecule has 2 aromatic rings. The lowest BCUT2D eigenvalue weighted by Gasteiger charge is -2.24. The monoisotopic (exact) mass is 276 g/mol. The summed E-state index contributed by atoms with van der Waals surface area (Å²) >= 11 is 6.04. The maximum atomic E-state index is 9.70. The van der Waals surface area contributed by atoms with E-state index in [1.165, 1.54) is 0 Å². The van der Waals surface area contributed by atoms with Gasteiger partial charge in [0.15, 0.2) is 11.5 Å². The third kappa shape index (κ3) is 2.27. The van der Waals surface area contributed by atoms with Crippen molar-refractivity contribution in [3.05, 3.63) is 58.1 Å². The molecule has 3 nitrogen and oxygen atoms in total. The molecule has 4 N–H and O–H groups in total. The molecule has 1 aliphatic heterocycles. The van der Waals surface area contributed by atoms with E-state index in [1.807, 2.05) is 24.3 Å². The first kappa shape index (κ1) is 12.3. The van der Waals surface area contributed by atoms with E-state index in [2.05, 4.69) is 5.32 Å². The van der Waals surface area contributed by atoms with E-state index < -0.39 is 0 Å². The second kappa shape index (κ2) is 4.76. The zero-order valence-electron chi connectivity index (χ0n) is 10.3. The third-order valence-electron chi connectivity index (χ3n) is 3.60. The minimum Gasteiger partial charge on any atom is -0.504 e. The SMILES string of the molecule is Oc1cc2c(cc1O)[C@@H](c1cccc(Cl)c1)[NH2+]CC2. The first-order chi connectivity index (χ1) is 9.15. The van der Waals surface area contributed by atoms with Gasteiger partial charge in [-0.1, -0.05) is 23.7 Å². The van der Waals surface area contributed by atoms with E-state index in [1.54, 1.807) is 12.1 Å². The molecule has 3 rings (SSSR count). The van der Waals surface area contributed by atoms with Gasteiger partial charge in [0.1, 0.15) is 6.04 Å². The van der Waals surface area contributed by atoms with Gasteiger partial charge in [-0.3, -0.25) is 0 Å². The van der Waals surface area contributed by atoms with Crippen molar-refractivity contribution in [1.29, 1.82) is 0 Å². The number of phenols is 2. The Hall–Kier alpha value is -1.71. The quantitative estimate of drug-likeness (QED) is 0.698. The largest absolute Gasteiger partial charge is 0.504 e. The highest BCUT2D eigenvalue weighted by molar-refractivity contribution is 6.30. The van der Waals surface area contributed by atoms with Crippen LogP contribution < -0.4 is 5.32 Å². The maximum Gasteiger partial charge on any atom is 0.157 e. The van der Waals surface area contributed by atoms with Gasteiger partial charge in [-0.05, 0) is 29.8 Å². The number of halogens is 1. The van der Waals surface area contributed by atoms with Gasteiger partial charge in [-0.15, -0.1) is 0 Å². The minimum absolute atomic E-state index is 0.0505. The lowest BCUT2D eigenvalue weighted by atomic mass is 9.89. The molecule has 4 heteroatoms. The van der Waals surface area contributed by atoms with Crippen LogP contribution in [0.5, 0.6) is 11.5 Å². The van der Waals surface area contributed by atoms with Gasteiger partial charge in [-0.25, -0.2) is 0 Å². The van der Waals surface area contributed by atoms with E-state index in [9.17, 15) is 10.2 Å². The molecule has 98 valence electrons. The Bertz CT molecular complexity index is 628. The molecular formula is C15H15ClNO2+. The van der Waals surface area contributed by atoms with Gasteiger partial charge in [0.05, 0.1) is 6.54 Å². The van der Waals surface area contributed by atoms with E-state index in [4.69, 9.17) is 11.6 Å². The van der Waals surface area contributed by atoms with Crippen LogP contribution in [-0.2, 0) is 6.42 Å². The second-order valence-corrected chi connectivity index (χ2v) is 5.28. The van der Waals surface area contributed by atoms with Crippen LogP contribution in [0, 0.1) is 0 Å². The molecule has 0 aromatic heterocycles. The first-order valence-electron chi connectivity index (χ1n) is 6.28. The summed E-state index contributed by atoms with van der Waals surface area (Å²) in [6.45, 7) is 0.953. The van der Waals surface area contributed by atoms with Gasteiger partial charge in [0, 0.05) is 22.6 Å². The van der Waals surface area contributed by atoms with Crippen molar-refractivity contribution in [1.82, 2.24) is 0 Å². The summed E-state index contributed by atoms with van der Waals surface area (Å²) in [5.41, 5.74) is 3.24. The summed E-state index contributed by atoms with van der Waals surface area (Å²) in [4.78, 5) is 0. The summed E-state index contributed by atoms with van der Waals surface area (Å²) in [6, 6.07) is 11.2. The zero-order chi connectivity index (χ0) is 13.4. The average Bonchev–Trinajstić information content (AvgIpc) is 2.39. The smallest absolute Gasteiger partial charge is 0.157 e. The maximum absolute atomic E-state index is 9.70. The van der Waals surface area contributed by atoms with Crippen molar-refractivity contribution >= 4 is 11.6 Å². The predicted octanol–water partition coefficient (Wildman–Crippen LogP) is 1.96. The number of hydrogen-bond donors (Lipinski definition) is 3. The van der Waals surface area contributed by atoms with Crippen LogP contribution in [0.15, 0.2) is 36.4 Å². The van der Waals surface area contributed by atoms with Gasteiger partial charge in [0.25, 0.3) is 0 Å². The van der Waals surface area contributed by atoms with Crippen LogP contribution in [0.25, 0.3) is 0 Å². The molecule has 1 aliphatic rings. The van der Waals surface area contributed by atoms with Crippen LogP contribution in [0.3, 0.4) is 0 Å². The number of hydrogen-bond acceptors (Lipinski definition) is 2. The van der Waals surface area contributed by atoms with Crippen molar-refractivity contribution in [3.8, 4) is 11.5 Å². The number of fused-ring (bicyclic) bond motifs is 1. The van der Waals surface area contributed by atoms with E-state index >= 15 is 0 Å². The number of aromatic hydroxyl groups is 2. The molecule has 0 amide bonds. The minimum atomic E-state index is -0.0684. The van der Waals surface area contributed by atoms with Gasteiger partial charge < -0.3 is 15.5 Å². The van der Waals surface area contributed by atoms with Gasteiger partial charge >= 0.3 is 0 Å². The Labute approximate surface area is 116 Å². The van der Waals surface area contributed by atoms with Crippen molar-refractivity contribution in [2.24, 2.45) is 0 Å². The Morgan fingerprint density at radius 1 is 1.11 bits per heavy atom. The highest BCUT2D eigenvalue weighted by atomic mass is 35.5. The molecule has 19 heavy (non-hydrogen) atoms. The molecule has 0 aliphatic carbocycles. The Morgan fingerprint density at radius 2 is 1.89 bits per heavy atom. The number of rotatable bonds is 1. The summed E-state index contributed by atoms with van der Waals surface area (Å²) < 4.78 is 0. The summed E-state index contributed by atoms with van der Waals surface area (Å²) in [6.07, 6.45) is 0.889. The Kier molecular flexibility index (Phi) is 3.09. The van der Waals surface area contributed by atoms with Crippen LogP contribution in [0.2, 0.25) is 5.02 Å². The fourth-order valence-electron chi connectivity index (χ4n) is 2.69. The molecular weight excluding hydrogens is 262 g/mol. The third-order valence-corrected chi connectivity index (χ3v) is 3.83. The number of benzene rings is 2. The zero-order valence-corrected chi connectivity index (χ0v) is 11.1. The van der Waals surface area contributed by atoms with Crippen LogP contribution in [-0.4, -0.2) is 16.8 Å². The molecule has 0 saturated heterocycles. The standard InChI is InChI=1S/C15H14ClNO2/c16-11-3-1-2-10(6-11)15-12-8-14(19)13(18)7-9(12)4-5-17-15/h1-3,6-8,15,17-19H,4-5H2/p+1/t15-/m1/s1. The molecule has 2 aromatic carbocycles. The molecule has 0 saturated carbocycles. The molecule has 0 unspecified atom stereocenters. The fraction of sp³-hybridized carbons (Fsp3) is 0.200. The van der Waals surface area contributed by atoms with Crippen molar-refractivity contribution in [3.63, 3.8) is 0 Å². The van der Waals surface area contributed by atoms with E-state index in [-0.39, 0.29) is 17.5 Å². The second-order valence-electron chi connectivity index (χ2n) is 4.85. The van der Waals surface area contributed by atoms with Crippen molar-refractivity contribution in [2.75, 3.05) is 6.54 Å². The van der Waals surface area contributed by atoms with E-state index in [0.29, 0.717) is 5.02 Å². The molecule has 1 atom stereocenters. The molecule has 0 fully saturated rings. The van der Waals surface area contributed by atoms with Crippen LogP contribution in [0.4, 0.5) is 0 Å². The highest BCUT2D eigenvalue weighted by Crippen LogP contribution is 2.34. The fourth-order valence-corrected chi connectivity index (χ4v) is 2.89. The lowest BCUT2D eigenvalue weighted by Crippen LogP contribution is -2.87. The average molecular weight is 277 g/mol. The molecule has 0 radical (unpaired) electrons. The predicted molar refractivity (Wildman–Crippen MR) is 73.6 cm³/mol. The topological polar surface area (TPSA) is 57.1 Å². The summed E-state index contributed by atoms with van der Waals surface area (Å²) in [5.74, 6) is -0.119. The van der Waals surface area contributed by atoms with Gasteiger partial charge in [0.2, 0.25) is 0 Å². The van der Waals surface area contributed by atoms with Crippen molar-refractivity contribution < 1.29 is 15.5 Å². The Morgan fingerprint density at radius 3 is 2.68 bits per heavy atom. The normalized spacial score (nSPS) is 18.1. The number of quaternary nitrogens is 1.